The van der Waals surface area contributed by atoms with Crippen LogP contribution in [0.4, 0.5) is 0 Å². The number of aliphatic carboxylic acids is 1. The molecule has 5 nitrogen and oxygen atoms in total. The van der Waals surface area contributed by atoms with Gasteiger partial charge in [0, 0.05) is 25.2 Å². The summed E-state index contributed by atoms with van der Waals surface area (Å²) in [4.78, 5) is 16.3. The van der Waals surface area contributed by atoms with E-state index in [2.05, 4.69) is 36.0 Å². The van der Waals surface area contributed by atoms with Crippen molar-refractivity contribution in [3.63, 3.8) is 0 Å². The van der Waals surface area contributed by atoms with Gasteiger partial charge in [-0.05, 0) is 60.2 Å². The van der Waals surface area contributed by atoms with Crippen LogP contribution in [0.5, 0.6) is 0 Å². The second kappa shape index (κ2) is 8.11. The summed E-state index contributed by atoms with van der Waals surface area (Å²) in [5, 5.41) is 12.4. The summed E-state index contributed by atoms with van der Waals surface area (Å²) in [5.41, 5.74) is -0.780. The molecule has 3 atom stereocenters. The third-order valence-corrected chi connectivity index (χ3v) is 4.88. The van der Waals surface area contributed by atoms with Gasteiger partial charge in [0.05, 0.1) is 0 Å². The zero-order chi connectivity index (χ0) is 16.0. The Labute approximate surface area is 129 Å². The monoisotopic (exact) mass is 299 g/mol. The number of rotatable bonds is 8. The predicted octanol–water partition coefficient (Wildman–Crippen LogP) is 1.63. The van der Waals surface area contributed by atoms with Gasteiger partial charge in [0.1, 0.15) is 5.54 Å². The van der Waals surface area contributed by atoms with Crippen LogP contribution < -0.4 is 5.32 Å². The molecule has 0 aromatic carbocycles. The van der Waals surface area contributed by atoms with E-state index in [-0.39, 0.29) is 0 Å². The van der Waals surface area contributed by atoms with E-state index in [9.17, 15) is 9.90 Å². The molecular formula is C16H33N3O2. The van der Waals surface area contributed by atoms with Crippen molar-refractivity contribution in [2.24, 2.45) is 0 Å². The van der Waals surface area contributed by atoms with Crippen LogP contribution in [0.1, 0.15) is 47.0 Å². The Morgan fingerprint density at radius 3 is 2.33 bits per heavy atom. The minimum Gasteiger partial charge on any atom is -0.480 e. The van der Waals surface area contributed by atoms with E-state index in [0.29, 0.717) is 25.0 Å². The van der Waals surface area contributed by atoms with Crippen molar-refractivity contribution in [1.82, 2.24) is 15.1 Å². The standard InChI is InChI=1S/C16H33N3O2/c1-6-17-16(4,15(20)21)9-7-8-10-19-11-13(2)18(5)14(3)12-19/h13-14,17H,6-12H2,1-5H3,(H,20,21). The fraction of sp³-hybridized carbons (Fsp3) is 0.938. The summed E-state index contributed by atoms with van der Waals surface area (Å²) in [6.07, 6.45) is 2.71. The van der Waals surface area contributed by atoms with Gasteiger partial charge in [0.2, 0.25) is 0 Å². The number of likely N-dealkylation sites (N-methyl/N-ethyl adjacent to an activating group) is 2. The average Bonchev–Trinajstić information content (AvgIpc) is 2.41. The second-order valence-corrected chi connectivity index (χ2v) is 6.75. The topological polar surface area (TPSA) is 55.8 Å². The number of hydrogen-bond acceptors (Lipinski definition) is 4. The number of unbranched alkanes of at least 4 members (excludes halogenated alkanes) is 1. The quantitative estimate of drug-likeness (QED) is 0.667. The Kier molecular flexibility index (Phi) is 7.10. The average molecular weight is 299 g/mol. The van der Waals surface area contributed by atoms with Gasteiger partial charge in [-0.1, -0.05) is 6.92 Å². The van der Waals surface area contributed by atoms with E-state index in [4.69, 9.17) is 0 Å². The lowest BCUT2D eigenvalue weighted by Gasteiger charge is -2.42. The van der Waals surface area contributed by atoms with Crippen molar-refractivity contribution < 1.29 is 9.90 Å². The van der Waals surface area contributed by atoms with Crippen LogP contribution >= 0.6 is 0 Å². The van der Waals surface area contributed by atoms with Crippen LogP contribution in [0.3, 0.4) is 0 Å². The molecule has 5 heteroatoms. The maximum absolute atomic E-state index is 11.4. The number of hydrogen-bond donors (Lipinski definition) is 2. The summed E-state index contributed by atoms with van der Waals surface area (Å²) >= 11 is 0. The van der Waals surface area contributed by atoms with E-state index in [1.54, 1.807) is 6.92 Å². The number of carbonyl (C=O) groups is 1. The number of carboxylic acid groups (broad SMARTS) is 1. The van der Waals surface area contributed by atoms with Crippen molar-refractivity contribution in [3.05, 3.63) is 0 Å². The number of nitrogens with zero attached hydrogens (tertiary/aromatic N) is 2. The molecule has 1 rings (SSSR count). The highest BCUT2D eigenvalue weighted by Gasteiger charge is 2.31. The summed E-state index contributed by atoms with van der Waals surface area (Å²) in [6.45, 7) is 12.3. The Morgan fingerprint density at radius 1 is 1.29 bits per heavy atom. The molecular weight excluding hydrogens is 266 g/mol. The minimum absolute atomic E-state index is 0.597. The third kappa shape index (κ3) is 5.24. The van der Waals surface area contributed by atoms with E-state index >= 15 is 0 Å². The first kappa shape index (κ1) is 18.4. The first-order valence-electron chi connectivity index (χ1n) is 8.23. The molecule has 1 aliphatic heterocycles. The van der Waals surface area contributed by atoms with Crippen LogP contribution in [0.15, 0.2) is 0 Å². The van der Waals surface area contributed by atoms with Crippen LogP contribution in [0.2, 0.25) is 0 Å². The second-order valence-electron chi connectivity index (χ2n) is 6.75. The highest BCUT2D eigenvalue weighted by atomic mass is 16.4. The van der Waals surface area contributed by atoms with Gasteiger partial charge in [0.25, 0.3) is 0 Å². The third-order valence-electron chi connectivity index (χ3n) is 4.88. The summed E-state index contributed by atoms with van der Waals surface area (Å²) in [7, 11) is 2.20. The van der Waals surface area contributed by atoms with Crippen molar-refractivity contribution in [2.75, 3.05) is 33.2 Å². The zero-order valence-corrected chi connectivity index (χ0v) is 14.4. The summed E-state index contributed by atoms with van der Waals surface area (Å²) < 4.78 is 0. The molecule has 124 valence electrons. The van der Waals surface area contributed by atoms with Crippen molar-refractivity contribution in [1.29, 1.82) is 0 Å². The number of nitrogens with one attached hydrogen (secondary N) is 1. The van der Waals surface area contributed by atoms with E-state index in [1.165, 1.54) is 0 Å². The maximum Gasteiger partial charge on any atom is 0.323 e. The zero-order valence-electron chi connectivity index (χ0n) is 14.4. The van der Waals surface area contributed by atoms with Crippen molar-refractivity contribution in [2.45, 2.75) is 64.6 Å². The van der Waals surface area contributed by atoms with Gasteiger partial charge >= 0.3 is 5.97 Å². The van der Waals surface area contributed by atoms with Gasteiger partial charge in [-0.25, -0.2) is 0 Å². The summed E-state index contributed by atoms with van der Waals surface area (Å²) in [5.74, 6) is -0.744. The Morgan fingerprint density at radius 2 is 1.86 bits per heavy atom. The highest BCUT2D eigenvalue weighted by molar-refractivity contribution is 5.78. The molecule has 0 bridgehead atoms. The molecule has 1 fully saturated rings. The molecule has 21 heavy (non-hydrogen) atoms. The van der Waals surface area contributed by atoms with Crippen LogP contribution in [-0.2, 0) is 4.79 Å². The first-order chi connectivity index (χ1) is 9.80. The smallest absolute Gasteiger partial charge is 0.323 e. The molecule has 0 radical (unpaired) electrons. The van der Waals surface area contributed by atoms with Gasteiger partial charge in [-0.2, -0.15) is 0 Å². The molecule has 0 aliphatic carbocycles. The van der Waals surface area contributed by atoms with Gasteiger partial charge < -0.3 is 15.3 Å². The van der Waals surface area contributed by atoms with Gasteiger partial charge in [-0.15, -0.1) is 0 Å². The van der Waals surface area contributed by atoms with Crippen LogP contribution in [0.25, 0.3) is 0 Å². The van der Waals surface area contributed by atoms with Crippen LogP contribution in [0, 0.1) is 0 Å². The molecule has 0 amide bonds. The lowest BCUT2D eigenvalue weighted by molar-refractivity contribution is -0.144. The van der Waals surface area contributed by atoms with E-state index in [0.717, 1.165) is 32.5 Å². The predicted molar refractivity (Wildman–Crippen MR) is 86.7 cm³/mol. The van der Waals surface area contributed by atoms with Crippen LogP contribution in [-0.4, -0.2) is 71.7 Å². The van der Waals surface area contributed by atoms with Crippen molar-refractivity contribution in [3.8, 4) is 0 Å². The molecule has 2 N–H and O–H groups in total. The lowest BCUT2D eigenvalue weighted by Crippen LogP contribution is -2.55. The number of carboxylic acids is 1. The molecule has 0 saturated carbocycles. The normalized spacial score (nSPS) is 27.5. The molecule has 0 aromatic heterocycles. The first-order valence-corrected chi connectivity index (χ1v) is 8.23. The Hall–Kier alpha value is -0.650. The van der Waals surface area contributed by atoms with Gasteiger partial charge in [-0.3, -0.25) is 9.69 Å². The SMILES string of the molecule is CCNC(C)(CCCCN1CC(C)N(C)C(C)C1)C(=O)O. The maximum atomic E-state index is 11.4. The van der Waals surface area contributed by atoms with Gasteiger partial charge in [0.15, 0.2) is 0 Å². The highest BCUT2D eigenvalue weighted by Crippen LogP contribution is 2.17. The fourth-order valence-corrected chi connectivity index (χ4v) is 3.17. The molecule has 0 aromatic rings. The van der Waals surface area contributed by atoms with E-state index < -0.39 is 11.5 Å². The molecule has 3 unspecified atom stereocenters. The molecule has 1 saturated heterocycles. The Balaban J connectivity index is 2.32. The van der Waals surface area contributed by atoms with E-state index in [1.807, 2.05) is 6.92 Å². The lowest BCUT2D eigenvalue weighted by atomic mass is 9.94. The number of piperazine rings is 1. The summed E-state index contributed by atoms with van der Waals surface area (Å²) in [6, 6.07) is 1.19. The largest absolute Gasteiger partial charge is 0.480 e. The van der Waals surface area contributed by atoms with Crippen molar-refractivity contribution >= 4 is 5.97 Å². The molecule has 0 spiro atoms. The minimum atomic E-state index is -0.780. The molecule has 1 aliphatic rings. The fourth-order valence-electron chi connectivity index (χ4n) is 3.17. The molecule has 1 heterocycles. The Bertz CT molecular complexity index is 325.